The summed E-state index contributed by atoms with van der Waals surface area (Å²) in [5.74, 6) is 0.229. The Hall–Kier alpha value is -2.25. The van der Waals surface area contributed by atoms with Gasteiger partial charge in [0.15, 0.2) is 0 Å². The molecule has 0 heterocycles. The Balaban J connectivity index is 2.23. The smallest absolute Gasteiger partial charge is 0.247 e. The molecule has 0 aliphatic heterocycles. The summed E-state index contributed by atoms with van der Waals surface area (Å²) < 4.78 is 31.4. The van der Waals surface area contributed by atoms with Crippen molar-refractivity contribution in [2.24, 2.45) is 0 Å². The van der Waals surface area contributed by atoms with Gasteiger partial charge in [0.25, 0.3) is 0 Å². The molecule has 0 fully saturated rings. The van der Waals surface area contributed by atoms with Crippen LogP contribution in [0.4, 0.5) is 11.4 Å². The molecule has 1 atom stereocenters. The van der Waals surface area contributed by atoms with Gasteiger partial charge < -0.3 is 10.1 Å². The van der Waals surface area contributed by atoms with E-state index in [1.807, 2.05) is 20.8 Å². The molecule has 0 aliphatic rings. The molecular formula is C20H25ClN2O4S. The first-order chi connectivity index (χ1) is 13.0. The lowest BCUT2D eigenvalue weighted by Gasteiger charge is -2.28. The second-order valence-electron chi connectivity index (χ2n) is 6.85. The zero-order valence-electron chi connectivity index (χ0n) is 16.6. The average molecular weight is 425 g/mol. The average Bonchev–Trinajstić information content (AvgIpc) is 2.58. The van der Waals surface area contributed by atoms with Crippen LogP contribution >= 0.6 is 11.6 Å². The van der Waals surface area contributed by atoms with E-state index >= 15 is 0 Å². The van der Waals surface area contributed by atoms with E-state index in [-0.39, 0.29) is 6.10 Å². The van der Waals surface area contributed by atoms with Gasteiger partial charge in [0.1, 0.15) is 11.8 Å². The first kappa shape index (κ1) is 22.0. The molecule has 1 unspecified atom stereocenters. The summed E-state index contributed by atoms with van der Waals surface area (Å²) >= 11 is 6.14. The molecule has 0 saturated carbocycles. The van der Waals surface area contributed by atoms with Crippen LogP contribution in [0.25, 0.3) is 0 Å². The fourth-order valence-corrected chi connectivity index (χ4v) is 4.00. The third kappa shape index (κ3) is 5.62. The van der Waals surface area contributed by atoms with Crippen LogP contribution in [0, 0.1) is 6.92 Å². The van der Waals surface area contributed by atoms with E-state index in [0.29, 0.717) is 22.1 Å². The van der Waals surface area contributed by atoms with Gasteiger partial charge in [-0.25, -0.2) is 8.42 Å². The maximum absolute atomic E-state index is 12.7. The first-order valence-corrected chi connectivity index (χ1v) is 11.0. The molecule has 6 nitrogen and oxygen atoms in total. The van der Waals surface area contributed by atoms with Crippen molar-refractivity contribution in [1.29, 1.82) is 0 Å². The van der Waals surface area contributed by atoms with Crippen LogP contribution in [-0.4, -0.2) is 32.7 Å². The molecule has 0 saturated heterocycles. The van der Waals surface area contributed by atoms with Crippen LogP contribution in [0.5, 0.6) is 5.75 Å². The summed E-state index contributed by atoms with van der Waals surface area (Å²) in [7, 11) is -3.71. The van der Waals surface area contributed by atoms with Gasteiger partial charge in [0.05, 0.1) is 18.0 Å². The first-order valence-electron chi connectivity index (χ1n) is 8.82. The Morgan fingerprint density at radius 3 is 2.21 bits per heavy atom. The maximum Gasteiger partial charge on any atom is 0.247 e. The zero-order valence-corrected chi connectivity index (χ0v) is 18.1. The maximum atomic E-state index is 12.7. The molecule has 2 rings (SSSR count). The van der Waals surface area contributed by atoms with Crippen molar-refractivity contribution >= 4 is 38.9 Å². The number of anilines is 2. The van der Waals surface area contributed by atoms with Gasteiger partial charge in [-0.2, -0.15) is 0 Å². The molecule has 152 valence electrons. The highest BCUT2D eigenvalue weighted by Crippen LogP contribution is 2.27. The van der Waals surface area contributed by atoms with Gasteiger partial charge in [-0.1, -0.05) is 17.7 Å². The highest BCUT2D eigenvalue weighted by atomic mass is 35.5. The minimum atomic E-state index is -3.71. The van der Waals surface area contributed by atoms with E-state index < -0.39 is 22.0 Å². The molecular weight excluding hydrogens is 400 g/mol. The van der Waals surface area contributed by atoms with Gasteiger partial charge in [0, 0.05) is 10.7 Å². The van der Waals surface area contributed by atoms with E-state index in [9.17, 15) is 13.2 Å². The Kier molecular flexibility index (Phi) is 6.96. The number of halogens is 1. The fraction of sp³-hybridized carbons (Fsp3) is 0.350. The quantitative estimate of drug-likeness (QED) is 0.721. The number of aryl methyl sites for hydroxylation is 1. The van der Waals surface area contributed by atoms with Crippen molar-refractivity contribution in [3.05, 3.63) is 53.1 Å². The van der Waals surface area contributed by atoms with E-state index in [2.05, 4.69) is 5.32 Å². The number of rotatable bonds is 7. The molecule has 2 aromatic rings. The van der Waals surface area contributed by atoms with E-state index in [1.165, 1.54) is 6.92 Å². The SMILES string of the molecule is Cc1ccc(N(C(C)C(=O)Nc2ccc(OC(C)C)cc2)S(C)(=O)=O)cc1Cl. The second-order valence-corrected chi connectivity index (χ2v) is 9.12. The largest absolute Gasteiger partial charge is 0.491 e. The molecule has 1 amide bonds. The molecule has 1 N–H and O–H groups in total. The van der Waals surface area contributed by atoms with Gasteiger partial charge >= 0.3 is 0 Å². The standard InChI is InChI=1S/C20H25ClN2O4S/c1-13(2)27-18-10-7-16(8-11-18)22-20(24)15(4)23(28(5,25)26)17-9-6-14(3)19(21)12-17/h6-13,15H,1-5H3,(H,22,24). The van der Waals surface area contributed by atoms with Crippen molar-refractivity contribution in [3.8, 4) is 5.75 Å². The minimum Gasteiger partial charge on any atom is -0.491 e. The minimum absolute atomic E-state index is 0.0464. The van der Waals surface area contributed by atoms with Crippen molar-refractivity contribution in [3.63, 3.8) is 0 Å². The van der Waals surface area contributed by atoms with Crippen molar-refractivity contribution in [1.82, 2.24) is 0 Å². The number of nitrogens with zero attached hydrogens (tertiary/aromatic N) is 1. The van der Waals surface area contributed by atoms with Crippen LogP contribution in [-0.2, 0) is 14.8 Å². The van der Waals surface area contributed by atoms with Crippen molar-refractivity contribution < 1.29 is 17.9 Å². The Morgan fingerprint density at radius 2 is 1.71 bits per heavy atom. The molecule has 0 aliphatic carbocycles. The molecule has 0 spiro atoms. The van der Waals surface area contributed by atoms with E-state index in [0.717, 1.165) is 16.1 Å². The number of amides is 1. The van der Waals surface area contributed by atoms with E-state index in [1.54, 1.807) is 42.5 Å². The highest BCUT2D eigenvalue weighted by Gasteiger charge is 2.29. The molecule has 0 aromatic heterocycles. The fourth-order valence-electron chi connectivity index (χ4n) is 2.66. The zero-order chi connectivity index (χ0) is 21.1. The number of hydrogen-bond donors (Lipinski definition) is 1. The van der Waals surface area contributed by atoms with Crippen LogP contribution < -0.4 is 14.4 Å². The summed E-state index contributed by atoms with van der Waals surface area (Å²) in [5, 5.41) is 3.17. The number of carbonyl (C=O) groups is 1. The van der Waals surface area contributed by atoms with Crippen LogP contribution in [0.15, 0.2) is 42.5 Å². The topological polar surface area (TPSA) is 75.7 Å². The van der Waals surface area contributed by atoms with Gasteiger partial charge in [-0.15, -0.1) is 0 Å². The predicted octanol–water partition coefficient (Wildman–Crippen LogP) is 4.23. The molecule has 0 bridgehead atoms. The van der Waals surface area contributed by atoms with Gasteiger partial charge in [-0.05, 0) is 69.7 Å². The van der Waals surface area contributed by atoms with Crippen LogP contribution in [0.1, 0.15) is 26.3 Å². The lowest BCUT2D eigenvalue weighted by atomic mass is 10.2. The number of hydrogen-bond acceptors (Lipinski definition) is 4. The Bertz CT molecular complexity index is 943. The lowest BCUT2D eigenvalue weighted by molar-refractivity contribution is -0.116. The summed E-state index contributed by atoms with van der Waals surface area (Å²) in [5.41, 5.74) is 1.70. The summed E-state index contributed by atoms with van der Waals surface area (Å²) in [6.07, 6.45) is 1.10. The van der Waals surface area contributed by atoms with Crippen molar-refractivity contribution in [2.45, 2.75) is 39.8 Å². The lowest BCUT2D eigenvalue weighted by Crippen LogP contribution is -2.45. The summed E-state index contributed by atoms with van der Waals surface area (Å²) in [6, 6.07) is 10.8. The Morgan fingerprint density at radius 1 is 1.11 bits per heavy atom. The number of benzene rings is 2. The summed E-state index contributed by atoms with van der Waals surface area (Å²) in [4.78, 5) is 12.7. The molecule has 28 heavy (non-hydrogen) atoms. The Labute approximate surface area is 171 Å². The van der Waals surface area contributed by atoms with E-state index in [4.69, 9.17) is 16.3 Å². The number of nitrogens with one attached hydrogen (secondary N) is 1. The molecule has 8 heteroatoms. The van der Waals surface area contributed by atoms with Gasteiger partial charge in [-0.3, -0.25) is 9.10 Å². The van der Waals surface area contributed by atoms with Crippen LogP contribution in [0.3, 0.4) is 0 Å². The third-order valence-corrected chi connectivity index (χ3v) is 5.64. The molecule has 0 radical (unpaired) electrons. The van der Waals surface area contributed by atoms with Gasteiger partial charge in [0.2, 0.25) is 15.9 Å². The number of sulfonamides is 1. The number of carbonyl (C=O) groups excluding carboxylic acids is 1. The predicted molar refractivity (Wildman–Crippen MR) is 114 cm³/mol. The van der Waals surface area contributed by atoms with Crippen LogP contribution in [0.2, 0.25) is 5.02 Å². The normalized spacial score (nSPS) is 12.5. The number of ether oxygens (including phenoxy) is 1. The monoisotopic (exact) mass is 424 g/mol. The second kappa shape index (κ2) is 8.84. The molecule has 2 aromatic carbocycles. The third-order valence-electron chi connectivity index (χ3n) is 3.99. The van der Waals surface area contributed by atoms with Crippen molar-refractivity contribution in [2.75, 3.05) is 15.9 Å². The highest BCUT2D eigenvalue weighted by molar-refractivity contribution is 7.92. The summed E-state index contributed by atoms with van der Waals surface area (Å²) in [6.45, 7) is 7.20.